The van der Waals surface area contributed by atoms with Crippen LogP contribution in [0.1, 0.15) is 22.8 Å². The van der Waals surface area contributed by atoms with E-state index < -0.39 is 28.0 Å². The summed E-state index contributed by atoms with van der Waals surface area (Å²) in [5.41, 5.74) is 2.11. The van der Waals surface area contributed by atoms with Gasteiger partial charge in [0.25, 0.3) is 5.91 Å². The molecule has 1 heterocycles. The number of nitrogens with one attached hydrogen (secondary N) is 1. The Kier molecular flexibility index (Phi) is 5.78. The molecule has 2 aromatic rings. The fourth-order valence-corrected chi connectivity index (χ4v) is 3.84. The van der Waals surface area contributed by atoms with Crippen molar-refractivity contribution in [3.8, 4) is 5.75 Å². The van der Waals surface area contributed by atoms with E-state index in [0.29, 0.717) is 22.7 Å². The molecule has 1 aliphatic rings. The smallest absolute Gasteiger partial charge is 0.338 e. The Hall–Kier alpha value is -3.07. The third kappa shape index (κ3) is 4.68. The molecule has 29 heavy (non-hydrogen) atoms. The Bertz CT molecular complexity index is 1030. The number of rotatable bonds is 5. The van der Waals surface area contributed by atoms with Crippen LogP contribution in [0.5, 0.6) is 5.75 Å². The number of esters is 1. The van der Waals surface area contributed by atoms with Crippen molar-refractivity contribution in [2.75, 3.05) is 29.0 Å². The number of fused-ring (bicyclic) bond motifs is 1. The van der Waals surface area contributed by atoms with Crippen molar-refractivity contribution in [3.05, 3.63) is 53.6 Å². The lowest BCUT2D eigenvalue weighted by Crippen LogP contribution is -2.48. The van der Waals surface area contributed by atoms with Crippen LogP contribution in [-0.2, 0) is 19.6 Å². The fraction of sp³-hybridized carbons (Fsp3) is 0.300. The fourth-order valence-electron chi connectivity index (χ4n) is 2.94. The monoisotopic (exact) mass is 418 g/mol. The number of hydrogen-bond donors (Lipinski definition) is 1. The van der Waals surface area contributed by atoms with Gasteiger partial charge in [-0.15, -0.1) is 0 Å². The minimum Gasteiger partial charge on any atom is -0.476 e. The van der Waals surface area contributed by atoms with Crippen LogP contribution in [0.3, 0.4) is 0 Å². The lowest BCUT2D eigenvalue weighted by molar-refractivity contribution is -0.122. The normalized spacial score (nSPS) is 15.8. The van der Waals surface area contributed by atoms with Gasteiger partial charge in [0.05, 0.1) is 30.7 Å². The average molecular weight is 418 g/mol. The number of benzene rings is 2. The molecule has 0 bridgehead atoms. The van der Waals surface area contributed by atoms with Crippen LogP contribution < -0.4 is 14.4 Å². The molecule has 0 saturated carbocycles. The molecule has 0 radical (unpaired) electrons. The van der Waals surface area contributed by atoms with E-state index in [4.69, 9.17) is 9.47 Å². The predicted molar refractivity (Wildman–Crippen MR) is 109 cm³/mol. The van der Waals surface area contributed by atoms with Gasteiger partial charge < -0.3 is 14.8 Å². The van der Waals surface area contributed by atoms with Gasteiger partial charge in [-0.25, -0.2) is 13.2 Å². The van der Waals surface area contributed by atoms with Crippen LogP contribution in [-0.4, -0.2) is 45.8 Å². The number of sulfonamides is 1. The van der Waals surface area contributed by atoms with E-state index in [1.807, 2.05) is 6.92 Å². The summed E-state index contributed by atoms with van der Waals surface area (Å²) >= 11 is 0. The molecule has 1 N–H and O–H groups in total. The topological polar surface area (TPSA) is 102 Å². The van der Waals surface area contributed by atoms with Gasteiger partial charge in [0.1, 0.15) is 5.75 Å². The summed E-state index contributed by atoms with van der Waals surface area (Å²) in [5.74, 6) is -0.615. The van der Waals surface area contributed by atoms with E-state index in [1.54, 1.807) is 37.3 Å². The lowest BCUT2D eigenvalue weighted by Gasteiger charge is -2.34. The Morgan fingerprint density at radius 1 is 1.21 bits per heavy atom. The van der Waals surface area contributed by atoms with Gasteiger partial charge >= 0.3 is 5.97 Å². The van der Waals surface area contributed by atoms with E-state index in [1.165, 1.54) is 16.4 Å². The second-order valence-electron chi connectivity index (χ2n) is 6.66. The highest BCUT2D eigenvalue weighted by Crippen LogP contribution is 2.36. The summed E-state index contributed by atoms with van der Waals surface area (Å²) in [6.45, 7) is 3.70. The Labute approximate surface area is 169 Å². The summed E-state index contributed by atoms with van der Waals surface area (Å²) in [7, 11) is -3.59. The molecule has 0 spiro atoms. The molecule has 0 unspecified atom stereocenters. The molecular weight excluding hydrogens is 396 g/mol. The summed E-state index contributed by atoms with van der Waals surface area (Å²) in [5, 5.41) is 2.69. The van der Waals surface area contributed by atoms with Gasteiger partial charge in [-0.05, 0) is 55.8 Å². The third-order valence-corrected chi connectivity index (χ3v) is 5.49. The summed E-state index contributed by atoms with van der Waals surface area (Å²) < 4.78 is 36.3. The molecule has 154 valence electrons. The van der Waals surface area contributed by atoms with Gasteiger partial charge in [0.2, 0.25) is 10.0 Å². The van der Waals surface area contributed by atoms with Crippen LogP contribution in [0, 0.1) is 6.92 Å². The second-order valence-corrected chi connectivity index (χ2v) is 8.57. The zero-order chi connectivity index (χ0) is 21.2. The first-order valence-corrected chi connectivity index (χ1v) is 10.9. The molecule has 0 aliphatic carbocycles. The zero-order valence-corrected chi connectivity index (χ0v) is 17.2. The molecule has 0 aromatic heterocycles. The van der Waals surface area contributed by atoms with Crippen molar-refractivity contribution < 1.29 is 27.5 Å². The van der Waals surface area contributed by atoms with Crippen molar-refractivity contribution in [1.29, 1.82) is 0 Å². The Balaban J connectivity index is 1.78. The first-order valence-electron chi connectivity index (χ1n) is 9.02. The standard InChI is InChI=1S/C20H22N2O6S/c1-4-27-20(24)14-6-8-15(9-7-14)21-19(23)18-12-22(29(3,25)26)16-11-13(2)5-10-17(16)28-18/h5-11,18H,4,12H2,1-3H3,(H,21,23)/t18-/m0/s1. The van der Waals surface area contributed by atoms with Crippen molar-refractivity contribution >= 4 is 33.3 Å². The molecule has 1 amide bonds. The zero-order valence-electron chi connectivity index (χ0n) is 16.3. The van der Waals surface area contributed by atoms with E-state index in [9.17, 15) is 18.0 Å². The molecule has 3 rings (SSSR count). The van der Waals surface area contributed by atoms with Gasteiger partial charge in [-0.2, -0.15) is 0 Å². The van der Waals surface area contributed by atoms with E-state index in [0.717, 1.165) is 11.8 Å². The van der Waals surface area contributed by atoms with Crippen molar-refractivity contribution in [3.63, 3.8) is 0 Å². The van der Waals surface area contributed by atoms with Crippen LogP contribution in [0.15, 0.2) is 42.5 Å². The second kappa shape index (κ2) is 8.12. The predicted octanol–water partition coefficient (Wildman–Crippen LogP) is 2.34. The maximum atomic E-state index is 12.7. The highest BCUT2D eigenvalue weighted by molar-refractivity contribution is 7.92. The van der Waals surface area contributed by atoms with Gasteiger partial charge in [0, 0.05) is 5.69 Å². The van der Waals surface area contributed by atoms with Gasteiger partial charge in [-0.3, -0.25) is 9.10 Å². The lowest BCUT2D eigenvalue weighted by atomic mass is 10.1. The molecule has 9 heteroatoms. The minimum absolute atomic E-state index is 0.137. The number of carbonyl (C=O) groups is 2. The van der Waals surface area contributed by atoms with Crippen molar-refractivity contribution in [2.45, 2.75) is 20.0 Å². The largest absolute Gasteiger partial charge is 0.476 e. The van der Waals surface area contributed by atoms with E-state index in [2.05, 4.69) is 5.32 Å². The number of hydrogen-bond acceptors (Lipinski definition) is 6. The SMILES string of the molecule is CCOC(=O)c1ccc(NC(=O)[C@@H]2CN(S(C)(=O)=O)c3cc(C)ccc3O2)cc1. The molecule has 0 fully saturated rings. The van der Waals surface area contributed by atoms with Crippen LogP contribution >= 0.6 is 0 Å². The maximum Gasteiger partial charge on any atom is 0.338 e. The molecule has 1 atom stereocenters. The van der Waals surface area contributed by atoms with E-state index in [-0.39, 0.29) is 13.2 Å². The summed E-state index contributed by atoms with van der Waals surface area (Å²) in [4.78, 5) is 24.4. The van der Waals surface area contributed by atoms with Gasteiger partial charge in [0.15, 0.2) is 6.10 Å². The highest BCUT2D eigenvalue weighted by Gasteiger charge is 2.35. The minimum atomic E-state index is -3.59. The van der Waals surface area contributed by atoms with Crippen LogP contribution in [0.25, 0.3) is 0 Å². The average Bonchev–Trinajstić information content (AvgIpc) is 2.67. The molecule has 8 nitrogen and oxygen atoms in total. The maximum absolute atomic E-state index is 12.7. The Morgan fingerprint density at radius 3 is 2.52 bits per heavy atom. The molecule has 2 aromatic carbocycles. The number of carbonyl (C=O) groups excluding carboxylic acids is 2. The molecule has 0 saturated heterocycles. The number of anilines is 2. The Morgan fingerprint density at radius 2 is 1.90 bits per heavy atom. The van der Waals surface area contributed by atoms with Crippen molar-refractivity contribution in [2.24, 2.45) is 0 Å². The first-order chi connectivity index (χ1) is 13.7. The highest BCUT2D eigenvalue weighted by atomic mass is 32.2. The number of amides is 1. The van der Waals surface area contributed by atoms with Gasteiger partial charge in [-0.1, -0.05) is 6.07 Å². The molecular formula is C20H22N2O6S. The quantitative estimate of drug-likeness (QED) is 0.748. The van der Waals surface area contributed by atoms with Crippen LogP contribution in [0.2, 0.25) is 0 Å². The number of nitrogens with zero attached hydrogens (tertiary/aromatic N) is 1. The number of ether oxygens (including phenoxy) is 2. The third-order valence-electron chi connectivity index (χ3n) is 4.34. The number of aryl methyl sites for hydroxylation is 1. The summed E-state index contributed by atoms with van der Waals surface area (Å²) in [6, 6.07) is 11.4. The molecule has 1 aliphatic heterocycles. The first kappa shape index (κ1) is 20.7. The van der Waals surface area contributed by atoms with Crippen LogP contribution in [0.4, 0.5) is 11.4 Å². The van der Waals surface area contributed by atoms with Crippen molar-refractivity contribution in [1.82, 2.24) is 0 Å². The summed E-state index contributed by atoms with van der Waals surface area (Å²) in [6.07, 6.45) is 0.0673. The van der Waals surface area contributed by atoms with E-state index >= 15 is 0 Å².